The largest absolute Gasteiger partial charge is 0.508 e. The van der Waals surface area contributed by atoms with Crippen LogP contribution in [0.15, 0.2) is 24.3 Å². The first kappa shape index (κ1) is 12.5. The summed E-state index contributed by atoms with van der Waals surface area (Å²) in [6, 6.07) is 7.43. The van der Waals surface area contributed by atoms with Gasteiger partial charge in [-0.2, -0.15) is 0 Å². The Hall–Kier alpha value is -1.55. The topological polar surface area (TPSA) is 43.8 Å². The zero-order chi connectivity index (χ0) is 13.4. The highest BCUT2D eigenvalue weighted by Crippen LogP contribution is 2.31. The third-order valence-corrected chi connectivity index (χ3v) is 4.35. The maximum atomic E-state index is 11.4. The van der Waals surface area contributed by atoms with Crippen LogP contribution in [0.1, 0.15) is 12.5 Å². The van der Waals surface area contributed by atoms with Crippen LogP contribution in [0.2, 0.25) is 0 Å². The second-order valence-corrected chi connectivity index (χ2v) is 5.80. The van der Waals surface area contributed by atoms with Gasteiger partial charge in [-0.15, -0.1) is 0 Å². The molecule has 1 aromatic rings. The van der Waals surface area contributed by atoms with E-state index in [1.54, 1.807) is 19.1 Å². The molecule has 0 bridgehead atoms. The van der Waals surface area contributed by atoms with Crippen LogP contribution in [0.3, 0.4) is 0 Å². The van der Waals surface area contributed by atoms with Gasteiger partial charge in [0.05, 0.1) is 0 Å². The first-order chi connectivity index (χ1) is 9.11. The summed E-state index contributed by atoms with van der Waals surface area (Å²) in [6.07, 6.45) is 0. The van der Waals surface area contributed by atoms with Crippen LogP contribution in [0.25, 0.3) is 0 Å². The summed E-state index contributed by atoms with van der Waals surface area (Å²) >= 11 is 0. The van der Waals surface area contributed by atoms with E-state index in [4.69, 9.17) is 0 Å². The number of hydrogen-bond donors (Lipinski definition) is 1. The number of phenolic OH excluding ortho intramolecular Hbond substituents is 1. The van der Waals surface area contributed by atoms with E-state index in [-0.39, 0.29) is 5.91 Å². The van der Waals surface area contributed by atoms with Crippen molar-refractivity contribution in [2.75, 3.05) is 26.2 Å². The molecule has 0 saturated carbocycles. The highest BCUT2D eigenvalue weighted by Gasteiger charge is 2.40. The van der Waals surface area contributed by atoms with Gasteiger partial charge in [0.25, 0.3) is 0 Å². The minimum atomic E-state index is 0.208. The van der Waals surface area contributed by atoms with Crippen LogP contribution in [-0.2, 0) is 11.3 Å². The number of likely N-dealkylation sites (tertiary alicyclic amines) is 2. The van der Waals surface area contributed by atoms with Crippen LogP contribution in [0.5, 0.6) is 5.75 Å². The van der Waals surface area contributed by atoms with Crippen molar-refractivity contribution in [2.24, 2.45) is 11.8 Å². The molecule has 3 rings (SSSR count). The lowest BCUT2D eigenvalue weighted by Crippen LogP contribution is -2.31. The van der Waals surface area contributed by atoms with Gasteiger partial charge in [0.15, 0.2) is 0 Å². The standard InChI is InChI=1S/C15H20N2O2/c1-11(18)17-9-13-7-16(8-14(13)10-17)6-12-2-4-15(19)5-3-12/h2-5,13-14,19H,6-10H2,1H3. The summed E-state index contributed by atoms with van der Waals surface area (Å²) in [5.41, 5.74) is 1.24. The minimum absolute atomic E-state index is 0.208. The number of phenols is 1. The molecule has 2 aliphatic rings. The Morgan fingerprint density at radius 2 is 1.74 bits per heavy atom. The molecule has 0 aromatic heterocycles. The van der Waals surface area contributed by atoms with Crippen molar-refractivity contribution in [3.05, 3.63) is 29.8 Å². The summed E-state index contributed by atoms with van der Waals surface area (Å²) in [5.74, 6) is 1.81. The Morgan fingerprint density at radius 1 is 1.16 bits per heavy atom. The van der Waals surface area contributed by atoms with Crippen molar-refractivity contribution in [1.29, 1.82) is 0 Å². The average Bonchev–Trinajstić information content (AvgIpc) is 2.90. The number of fused-ring (bicyclic) bond motifs is 1. The van der Waals surface area contributed by atoms with E-state index >= 15 is 0 Å². The fraction of sp³-hybridized carbons (Fsp3) is 0.533. The molecule has 4 heteroatoms. The van der Waals surface area contributed by atoms with Gasteiger partial charge in [0.2, 0.25) is 5.91 Å². The van der Waals surface area contributed by atoms with E-state index in [9.17, 15) is 9.90 Å². The van der Waals surface area contributed by atoms with Crippen LogP contribution >= 0.6 is 0 Å². The molecule has 102 valence electrons. The summed E-state index contributed by atoms with van der Waals surface area (Å²) in [5, 5.41) is 9.28. The van der Waals surface area contributed by atoms with Gasteiger partial charge < -0.3 is 10.0 Å². The zero-order valence-electron chi connectivity index (χ0n) is 11.2. The number of carbonyl (C=O) groups excluding carboxylic acids is 1. The minimum Gasteiger partial charge on any atom is -0.508 e. The molecule has 2 atom stereocenters. The zero-order valence-corrected chi connectivity index (χ0v) is 11.2. The van der Waals surface area contributed by atoms with Crippen LogP contribution in [-0.4, -0.2) is 47.0 Å². The maximum Gasteiger partial charge on any atom is 0.219 e. The second kappa shape index (κ2) is 4.85. The predicted molar refractivity (Wildman–Crippen MR) is 72.6 cm³/mol. The molecule has 1 amide bonds. The third-order valence-electron chi connectivity index (χ3n) is 4.35. The molecule has 4 nitrogen and oxygen atoms in total. The van der Waals surface area contributed by atoms with E-state index in [0.29, 0.717) is 17.6 Å². The Bertz CT molecular complexity index is 458. The van der Waals surface area contributed by atoms with Gasteiger partial charge in [0, 0.05) is 39.6 Å². The molecule has 19 heavy (non-hydrogen) atoms. The summed E-state index contributed by atoms with van der Waals surface area (Å²) in [4.78, 5) is 15.8. The number of benzene rings is 1. The molecule has 2 heterocycles. The van der Waals surface area contributed by atoms with E-state index in [0.717, 1.165) is 32.7 Å². The first-order valence-corrected chi connectivity index (χ1v) is 6.87. The van der Waals surface area contributed by atoms with Crippen LogP contribution in [0.4, 0.5) is 0 Å². The Balaban J connectivity index is 1.57. The SMILES string of the molecule is CC(=O)N1CC2CN(Cc3ccc(O)cc3)CC2C1. The van der Waals surface area contributed by atoms with Crippen molar-refractivity contribution in [3.8, 4) is 5.75 Å². The van der Waals surface area contributed by atoms with E-state index in [1.165, 1.54) is 5.56 Å². The van der Waals surface area contributed by atoms with Crippen LogP contribution in [0, 0.1) is 11.8 Å². The van der Waals surface area contributed by atoms with Gasteiger partial charge in [-0.25, -0.2) is 0 Å². The summed E-state index contributed by atoms with van der Waals surface area (Å²) in [7, 11) is 0. The monoisotopic (exact) mass is 260 g/mol. The number of amides is 1. The third kappa shape index (κ3) is 2.59. The Labute approximate surface area is 113 Å². The van der Waals surface area contributed by atoms with Crippen molar-refractivity contribution < 1.29 is 9.90 Å². The van der Waals surface area contributed by atoms with Crippen molar-refractivity contribution in [1.82, 2.24) is 9.80 Å². The van der Waals surface area contributed by atoms with Crippen LogP contribution < -0.4 is 0 Å². The molecule has 2 aliphatic heterocycles. The molecule has 2 saturated heterocycles. The number of aromatic hydroxyl groups is 1. The quantitative estimate of drug-likeness (QED) is 0.871. The van der Waals surface area contributed by atoms with Crippen molar-refractivity contribution in [2.45, 2.75) is 13.5 Å². The van der Waals surface area contributed by atoms with E-state index in [1.807, 2.05) is 17.0 Å². The molecule has 0 radical (unpaired) electrons. The van der Waals surface area contributed by atoms with E-state index in [2.05, 4.69) is 4.90 Å². The van der Waals surface area contributed by atoms with Crippen molar-refractivity contribution >= 4 is 5.91 Å². The lowest BCUT2D eigenvalue weighted by molar-refractivity contribution is -0.128. The number of hydrogen-bond acceptors (Lipinski definition) is 3. The number of carbonyl (C=O) groups is 1. The second-order valence-electron chi connectivity index (χ2n) is 5.80. The lowest BCUT2D eigenvalue weighted by Gasteiger charge is -2.20. The summed E-state index contributed by atoms with van der Waals surface area (Å²) < 4.78 is 0. The smallest absolute Gasteiger partial charge is 0.219 e. The fourth-order valence-corrected chi connectivity index (χ4v) is 3.34. The molecular formula is C15H20N2O2. The Kier molecular flexibility index (Phi) is 3.19. The van der Waals surface area contributed by atoms with Gasteiger partial charge in [-0.3, -0.25) is 9.69 Å². The molecule has 2 fully saturated rings. The van der Waals surface area contributed by atoms with Gasteiger partial charge in [-0.05, 0) is 29.5 Å². The summed E-state index contributed by atoms with van der Waals surface area (Å²) in [6.45, 7) is 6.60. The normalized spacial score (nSPS) is 26.7. The Morgan fingerprint density at radius 3 is 2.26 bits per heavy atom. The van der Waals surface area contributed by atoms with Gasteiger partial charge in [-0.1, -0.05) is 12.1 Å². The number of rotatable bonds is 2. The maximum absolute atomic E-state index is 11.4. The van der Waals surface area contributed by atoms with Crippen molar-refractivity contribution in [3.63, 3.8) is 0 Å². The predicted octanol–water partition coefficient (Wildman–Crippen LogP) is 1.30. The average molecular weight is 260 g/mol. The molecular weight excluding hydrogens is 240 g/mol. The number of nitrogens with zero attached hydrogens (tertiary/aromatic N) is 2. The molecule has 1 aromatic carbocycles. The fourth-order valence-electron chi connectivity index (χ4n) is 3.34. The molecule has 0 aliphatic carbocycles. The lowest BCUT2D eigenvalue weighted by atomic mass is 10.0. The molecule has 1 N–H and O–H groups in total. The van der Waals surface area contributed by atoms with E-state index < -0.39 is 0 Å². The first-order valence-electron chi connectivity index (χ1n) is 6.87. The molecule has 2 unspecified atom stereocenters. The van der Waals surface area contributed by atoms with Gasteiger partial charge >= 0.3 is 0 Å². The molecule has 0 spiro atoms. The van der Waals surface area contributed by atoms with Gasteiger partial charge in [0.1, 0.15) is 5.75 Å². The highest BCUT2D eigenvalue weighted by molar-refractivity contribution is 5.73. The highest BCUT2D eigenvalue weighted by atomic mass is 16.3.